The van der Waals surface area contributed by atoms with Crippen LogP contribution in [0.25, 0.3) is 0 Å². The average Bonchev–Trinajstić information content (AvgIpc) is 2.67. The zero-order valence-corrected chi connectivity index (χ0v) is 14.7. The number of hydrogen-bond donors (Lipinski definition) is 1. The van der Waals surface area contributed by atoms with Crippen LogP contribution in [-0.4, -0.2) is 16.8 Å². The van der Waals surface area contributed by atoms with Gasteiger partial charge in [-0.1, -0.05) is 12.1 Å². The Bertz CT molecular complexity index is 943. The smallest absolute Gasteiger partial charge is 0.258 e. The molecule has 0 spiro atoms. The Morgan fingerprint density at radius 1 is 1.04 bits per heavy atom. The third-order valence-electron chi connectivity index (χ3n) is 3.86. The number of rotatable bonds is 5. The predicted molar refractivity (Wildman–Crippen MR) is 102 cm³/mol. The highest BCUT2D eigenvalue weighted by molar-refractivity contribution is 6.06. The van der Waals surface area contributed by atoms with Gasteiger partial charge in [-0.15, -0.1) is 0 Å². The van der Waals surface area contributed by atoms with Gasteiger partial charge >= 0.3 is 0 Å². The van der Waals surface area contributed by atoms with Crippen LogP contribution in [0.15, 0.2) is 72.9 Å². The minimum absolute atomic E-state index is 0.219. The van der Waals surface area contributed by atoms with Crippen LogP contribution in [0.5, 0.6) is 0 Å². The molecule has 0 saturated heterocycles. The van der Waals surface area contributed by atoms with E-state index in [9.17, 15) is 14.0 Å². The zero-order valence-electron chi connectivity index (χ0n) is 14.7. The lowest BCUT2D eigenvalue weighted by Crippen LogP contribution is -2.30. The van der Waals surface area contributed by atoms with Crippen molar-refractivity contribution in [2.45, 2.75) is 13.5 Å². The summed E-state index contributed by atoms with van der Waals surface area (Å²) in [5.41, 5.74) is 2.19. The van der Waals surface area contributed by atoms with E-state index in [1.807, 2.05) is 12.1 Å². The van der Waals surface area contributed by atoms with Gasteiger partial charge in [0.2, 0.25) is 5.91 Å². The molecule has 0 aliphatic rings. The van der Waals surface area contributed by atoms with E-state index in [0.29, 0.717) is 22.6 Å². The van der Waals surface area contributed by atoms with Crippen molar-refractivity contribution < 1.29 is 14.0 Å². The molecule has 0 aliphatic heterocycles. The van der Waals surface area contributed by atoms with Crippen molar-refractivity contribution in [3.05, 3.63) is 90.0 Å². The largest absolute Gasteiger partial charge is 0.326 e. The summed E-state index contributed by atoms with van der Waals surface area (Å²) in [5, 5.41) is 2.66. The number of halogens is 1. The lowest BCUT2D eigenvalue weighted by Gasteiger charge is -2.23. The molecule has 2 aromatic carbocycles. The second kappa shape index (κ2) is 8.23. The minimum Gasteiger partial charge on any atom is -0.326 e. The lowest BCUT2D eigenvalue weighted by atomic mass is 10.1. The SMILES string of the molecule is CC(=O)Nc1cccc(C(=O)N(Cc2ccccn2)c2ccc(F)cc2)c1. The van der Waals surface area contributed by atoms with Gasteiger partial charge in [0, 0.05) is 30.1 Å². The molecule has 3 aromatic rings. The topological polar surface area (TPSA) is 62.3 Å². The Kier molecular flexibility index (Phi) is 5.56. The number of amides is 2. The van der Waals surface area contributed by atoms with Gasteiger partial charge in [-0.3, -0.25) is 14.6 Å². The number of aromatic nitrogens is 1. The predicted octanol–water partition coefficient (Wildman–Crippen LogP) is 4.03. The highest BCUT2D eigenvalue weighted by atomic mass is 19.1. The van der Waals surface area contributed by atoms with Crippen molar-refractivity contribution in [2.24, 2.45) is 0 Å². The third-order valence-corrected chi connectivity index (χ3v) is 3.86. The summed E-state index contributed by atoms with van der Waals surface area (Å²) in [6.45, 7) is 1.63. The van der Waals surface area contributed by atoms with Gasteiger partial charge in [0.05, 0.1) is 12.2 Å². The molecule has 0 atom stereocenters. The second-order valence-electron chi connectivity index (χ2n) is 5.95. The fourth-order valence-corrected chi connectivity index (χ4v) is 2.64. The molecule has 0 fully saturated rings. The summed E-state index contributed by atoms with van der Waals surface area (Å²) in [6.07, 6.45) is 1.65. The molecule has 27 heavy (non-hydrogen) atoms. The van der Waals surface area contributed by atoms with Crippen LogP contribution >= 0.6 is 0 Å². The number of nitrogens with one attached hydrogen (secondary N) is 1. The molecule has 2 amide bonds. The van der Waals surface area contributed by atoms with E-state index in [1.165, 1.54) is 24.0 Å². The van der Waals surface area contributed by atoms with Crippen LogP contribution in [0.4, 0.5) is 15.8 Å². The van der Waals surface area contributed by atoms with Crippen molar-refractivity contribution in [3.8, 4) is 0 Å². The van der Waals surface area contributed by atoms with Crippen molar-refractivity contribution in [1.82, 2.24) is 4.98 Å². The fraction of sp³-hybridized carbons (Fsp3) is 0.0952. The Balaban J connectivity index is 1.95. The van der Waals surface area contributed by atoms with Crippen molar-refractivity contribution >= 4 is 23.2 Å². The summed E-state index contributed by atoms with van der Waals surface area (Å²) in [4.78, 5) is 30.2. The molecule has 3 rings (SSSR count). The third kappa shape index (κ3) is 4.76. The molecular formula is C21H18FN3O2. The van der Waals surface area contributed by atoms with Crippen LogP contribution in [0, 0.1) is 5.82 Å². The maximum absolute atomic E-state index is 13.3. The maximum atomic E-state index is 13.3. The summed E-state index contributed by atoms with van der Waals surface area (Å²) in [6, 6.07) is 17.9. The fourth-order valence-electron chi connectivity index (χ4n) is 2.64. The van der Waals surface area contributed by atoms with Gasteiger partial charge in [0.25, 0.3) is 5.91 Å². The average molecular weight is 363 g/mol. The maximum Gasteiger partial charge on any atom is 0.258 e. The molecule has 6 heteroatoms. The van der Waals surface area contributed by atoms with Crippen molar-refractivity contribution in [2.75, 3.05) is 10.2 Å². The second-order valence-corrected chi connectivity index (χ2v) is 5.95. The number of hydrogen-bond acceptors (Lipinski definition) is 3. The van der Waals surface area contributed by atoms with E-state index in [2.05, 4.69) is 10.3 Å². The Morgan fingerprint density at radius 3 is 2.48 bits per heavy atom. The molecule has 1 N–H and O–H groups in total. The van der Waals surface area contributed by atoms with Crippen LogP contribution in [0.2, 0.25) is 0 Å². The number of benzene rings is 2. The van der Waals surface area contributed by atoms with Gasteiger partial charge in [-0.2, -0.15) is 0 Å². The molecule has 0 saturated carbocycles. The van der Waals surface area contributed by atoms with Crippen LogP contribution < -0.4 is 10.2 Å². The first-order valence-corrected chi connectivity index (χ1v) is 8.38. The number of carbonyl (C=O) groups is 2. The van der Waals surface area contributed by atoms with E-state index in [4.69, 9.17) is 0 Å². The van der Waals surface area contributed by atoms with Crippen LogP contribution in [0.1, 0.15) is 23.0 Å². The summed E-state index contributed by atoms with van der Waals surface area (Å²) < 4.78 is 13.3. The highest BCUT2D eigenvalue weighted by Crippen LogP contribution is 2.21. The van der Waals surface area contributed by atoms with Gasteiger partial charge < -0.3 is 10.2 Å². The molecule has 1 aromatic heterocycles. The number of pyridine rings is 1. The van der Waals surface area contributed by atoms with Gasteiger partial charge in [0.15, 0.2) is 0 Å². The van der Waals surface area contributed by atoms with Crippen molar-refractivity contribution in [1.29, 1.82) is 0 Å². The first-order chi connectivity index (χ1) is 13.0. The normalized spacial score (nSPS) is 10.3. The zero-order chi connectivity index (χ0) is 19.2. The monoisotopic (exact) mass is 363 g/mol. The quantitative estimate of drug-likeness (QED) is 0.745. The molecule has 0 aliphatic carbocycles. The van der Waals surface area contributed by atoms with E-state index >= 15 is 0 Å². The first kappa shape index (κ1) is 18.3. The summed E-state index contributed by atoms with van der Waals surface area (Å²) in [5.74, 6) is -0.875. The number of anilines is 2. The van der Waals surface area contributed by atoms with E-state index < -0.39 is 0 Å². The number of nitrogens with zero attached hydrogens (tertiary/aromatic N) is 2. The van der Waals surface area contributed by atoms with Crippen molar-refractivity contribution in [3.63, 3.8) is 0 Å². The van der Waals surface area contributed by atoms with E-state index in [1.54, 1.807) is 48.7 Å². The van der Waals surface area contributed by atoms with Gasteiger partial charge in [0.1, 0.15) is 5.82 Å². The standard InChI is InChI=1S/C21H18FN3O2/c1-15(26)24-18-7-4-5-16(13-18)21(27)25(14-19-6-2-3-12-23-19)20-10-8-17(22)9-11-20/h2-13H,14H2,1H3,(H,24,26). The van der Waals surface area contributed by atoms with E-state index in [-0.39, 0.29) is 24.2 Å². The summed E-state index contributed by atoms with van der Waals surface area (Å²) >= 11 is 0. The molecule has 0 bridgehead atoms. The molecule has 5 nitrogen and oxygen atoms in total. The summed E-state index contributed by atoms with van der Waals surface area (Å²) in [7, 11) is 0. The highest BCUT2D eigenvalue weighted by Gasteiger charge is 2.19. The lowest BCUT2D eigenvalue weighted by molar-refractivity contribution is -0.114. The Hall–Kier alpha value is -3.54. The molecule has 0 unspecified atom stereocenters. The molecule has 0 radical (unpaired) electrons. The molecule has 136 valence electrons. The first-order valence-electron chi connectivity index (χ1n) is 8.38. The molecule has 1 heterocycles. The van der Waals surface area contributed by atoms with Crippen LogP contribution in [-0.2, 0) is 11.3 Å². The van der Waals surface area contributed by atoms with E-state index in [0.717, 1.165) is 0 Å². The van der Waals surface area contributed by atoms with Gasteiger partial charge in [-0.05, 0) is 54.6 Å². The molecular weight excluding hydrogens is 345 g/mol. The van der Waals surface area contributed by atoms with Crippen LogP contribution in [0.3, 0.4) is 0 Å². The number of carbonyl (C=O) groups excluding carboxylic acids is 2. The minimum atomic E-state index is -0.378. The Labute approximate surface area is 156 Å². The van der Waals surface area contributed by atoms with Gasteiger partial charge in [-0.25, -0.2) is 4.39 Å². The Morgan fingerprint density at radius 2 is 1.81 bits per heavy atom.